The summed E-state index contributed by atoms with van der Waals surface area (Å²) in [5.74, 6) is -0.859. The summed E-state index contributed by atoms with van der Waals surface area (Å²) < 4.78 is 49.4. The largest absolute Gasteiger partial charge is 0.489 e. The summed E-state index contributed by atoms with van der Waals surface area (Å²) in [6.45, 7) is 2.73. The summed E-state index contributed by atoms with van der Waals surface area (Å²) in [4.78, 5) is 17.9. The van der Waals surface area contributed by atoms with Gasteiger partial charge in [-0.05, 0) is 19.1 Å². The number of ether oxygens (including phenoxy) is 2. The van der Waals surface area contributed by atoms with E-state index in [4.69, 9.17) is 21.1 Å². The van der Waals surface area contributed by atoms with E-state index in [2.05, 4.69) is 9.97 Å². The van der Waals surface area contributed by atoms with E-state index in [1.807, 2.05) is 0 Å². The second-order valence-electron chi connectivity index (χ2n) is 5.56. The van der Waals surface area contributed by atoms with Gasteiger partial charge in [-0.1, -0.05) is 11.6 Å². The molecule has 3 aromatic rings. The minimum Gasteiger partial charge on any atom is -0.489 e. The first-order valence-corrected chi connectivity index (χ1v) is 8.82. The highest BCUT2D eigenvalue weighted by atomic mass is 35.5. The van der Waals surface area contributed by atoms with Crippen molar-refractivity contribution in [3.05, 3.63) is 45.8 Å². The third kappa shape index (κ3) is 4.30. The zero-order chi connectivity index (χ0) is 19.8. The van der Waals surface area contributed by atoms with E-state index in [1.165, 1.54) is 25.2 Å². The summed E-state index contributed by atoms with van der Waals surface area (Å²) in [5.41, 5.74) is 0.601. The number of aryl methyl sites for hydroxylation is 1. The summed E-state index contributed by atoms with van der Waals surface area (Å²) in [5, 5.41) is 2.59. The molecule has 0 fully saturated rings. The molecule has 0 unspecified atom stereocenters. The minimum absolute atomic E-state index is 0.0199. The van der Waals surface area contributed by atoms with Crippen LogP contribution in [-0.2, 0) is 17.6 Å². The van der Waals surface area contributed by atoms with Crippen molar-refractivity contribution < 1.29 is 27.4 Å². The van der Waals surface area contributed by atoms with E-state index in [1.54, 1.807) is 17.5 Å². The molecule has 0 saturated carbocycles. The van der Waals surface area contributed by atoms with Gasteiger partial charge in [-0.25, -0.2) is 9.97 Å². The van der Waals surface area contributed by atoms with E-state index in [0.717, 1.165) is 10.9 Å². The van der Waals surface area contributed by atoms with Crippen LogP contribution in [0, 0.1) is 6.92 Å². The van der Waals surface area contributed by atoms with Crippen LogP contribution >= 0.6 is 22.9 Å². The molecule has 0 atom stereocenters. The molecule has 5 nitrogen and oxygen atoms in total. The van der Waals surface area contributed by atoms with Crippen molar-refractivity contribution in [3.63, 3.8) is 0 Å². The van der Waals surface area contributed by atoms with E-state index < -0.39 is 18.0 Å². The number of nitrogens with zero attached hydrogens (tertiary/aromatic N) is 2. The molecular formula is C17H12ClF3N2O3S. The van der Waals surface area contributed by atoms with E-state index in [9.17, 15) is 18.0 Å². The lowest BCUT2D eigenvalue weighted by Gasteiger charge is -2.11. The second kappa shape index (κ2) is 7.32. The average molecular weight is 417 g/mol. The Bertz CT molecular complexity index is 1020. The van der Waals surface area contributed by atoms with Gasteiger partial charge < -0.3 is 9.47 Å². The first kappa shape index (κ1) is 19.4. The molecule has 0 spiro atoms. The number of rotatable bonds is 4. The van der Waals surface area contributed by atoms with Gasteiger partial charge in [0.25, 0.3) is 0 Å². The second-order valence-corrected chi connectivity index (χ2v) is 6.88. The number of thiophene rings is 1. The van der Waals surface area contributed by atoms with Crippen LogP contribution in [0.1, 0.15) is 24.0 Å². The number of carbonyl (C=O) groups is 1. The molecule has 0 bridgehead atoms. The Morgan fingerprint density at radius 3 is 2.70 bits per heavy atom. The number of halogens is 4. The molecule has 0 radical (unpaired) electrons. The lowest BCUT2D eigenvalue weighted by atomic mass is 10.2. The van der Waals surface area contributed by atoms with Crippen molar-refractivity contribution in [2.24, 2.45) is 0 Å². The highest BCUT2D eigenvalue weighted by Gasteiger charge is 2.34. The van der Waals surface area contributed by atoms with Gasteiger partial charge in [-0.2, -0.15) is 13.2 Å². The van der Waals surface area contributed by atoms with Crippen LogP contribution in [0.4, 0.5) is 13.2 Å². The first-order valence-electron chi connectivity index (χ1n) is 7.57. The number of benzene rings is 1. The van der Waals surface area contributed by atoms with Crippen molar-refractivity contribution in [2.75, 3.05) is 0 Å². The summed E-state index contributed by atoms with van der Waals surface area (Å²) in [7, 11) is 0. The molecule has 2 heterocycles. The third-order valence-electron chi connectivity index (χ3n) is 3.55. The molecule has 3 rings (SSSR count). The number of alkyl halides is 3. The molecule has 0 saturated heterocycles. The number of carbonyl (C=O) groups excluding carboxylic acids is 1. The molecule has 0 N–H and O–H groups in total. The number of hydrogen-bond acceptors (Lipinski definition) is 6. The quantitative estimate of drug-likeness (QED) is 0.549. The molecule has 0 aliphatic heterocycles. The van der Waals surface area contributed by atoms with Crippen LogP contribution in [0.25, 0.3) is 10.1 Å². The highest BCUT2D eigenvalue weighted by molar-refractivity contribution is 7.17. The fraction of sp³-hybridized carbons (Fsp3) is 0.235. The number of aromatic nitrogens is 2. The number of hydrogen-bond donors (Lipinski definition) is 0. The standard InChI is InChI=1S/C17H12ClF3N2O3S/c1-8-10(5-22-16(23-8)17(19,20)21)6-25-11-3-12(18)15-13(26-9(2)24)7-27-14(15)4-11/h3-5,7H,6H2,1-2H3. The summed E-state index contributed by atoms with van der Waals surface area (Å²) in [6, 6.07) is 3.25. The van der Waals surface area contributed by atoms with Crippen LogP contribution in [0.2, 0.25) is 5.02 Å². The minimum atomic E-state index is -4.60. The fourth-order valence-corrected chi connectivity index (χ4v) is 3.58. The smallest absolute Gasteiger partial charge is 0.451 e. The molecule has 2 aromatic heterocycles. The summed E-state index contributed by atoms with van der Waals surface area (Å²) >= 11 is 7.58. The molecule has 142 valence electrons. The Labute approximate surface area is 160 Å². The maximum Gasteiger partial charge on any atom is 0.451 e. The SMILES string of the molecule is CC(=O)Oc1csc2cc(OCc3cnc(C(F)(F)F)nc3C)cc(Cl)c12. The van der Waals surface area contributed by atoms with Gasteiger partial charge in [0, 0.05) is 34.5 Å². The van der Waals surface area contributed by atoms with Crippen LogP contribution < -0.4 is 9.47 Å². The van der Waals surface area contributed by atoms with Gasteiger partial charge in [-0.15, -0.1) is 11.3 Å². The van der Waals surface area contributed by atoms with Crippen LogP contribution in [0.3, 0.4) is 0 Å². The maximum absolute atomic E-state index is 12.6. The van der Waals surface area contributed by atoms with Crippen molar-refractivity contribution in [1.82, 2.24) is 9.97 Å². The Balaban J connectivity index is 1.81. The maximum atomic E-state index is 12.6. The normalized spacial score (nSPS) is 11.6. The predicted octanol–water partition coefficient (Wildman–Crippen LogP) is 5.18. The summed E-state index contributed by atoms with van der Waals surface area (Å²) in [6.07, 6.45) is -3.50. The highest BCUT2D eigenvalue weighted by Crippen LogP contribution is 2.40. The predicted molar refractivity (Wildman–Crippen MR) is 94.2 cm³/mol. The number of esters is 1. The van der Waals surface area contributed by atoms with Gasteiger partial charge >= 0.3 is 12.1 Å². The van der Waals surface area contributed by atoms with Crippen molar-refractivity contribution >= 4 is 39.0 Å². The Kier molecular flexibility index (Phi) is 5.25. The van der Waals surface area contributed by atoms with Gasteiger partial charge in [0.1, 0.15) is 12.4 Å². The Hall–Kier alpha value is -2.39. The lowest BCUT2D eigenvalue weighted by molar-refractivity contribution is -0.145. The molecular weight excluding hydrogens is 405 g/mol. The van der Waals surface area contributed by atoms with Crippen LogP contribution in [-0.4, -0.2) is 15.9 Å². The molecule has 0 aliphatic carbocycles. The van der Waals surface area contributed by atoms with Gasteiger partial charge in [0.15, 0.2) is 5.75 Å². The Morgan fingerprint density at radius 2 is 2.07 bits per heavy atom. The topological polar surface area (TPSA) is 61.3 Å². The molecule has 10 heteroatoms. The number of fused-ring (bicyclic) bond motifs is 1. The van der Waals surface area contributed by atoms with E-state index in [-0.39, 0.29) is 12.3 Å². The van der Waals surface area contributed by atoms with Crippen molar-refractivity contribution in [3.8, 4) is 11.5 Å². The fourth-order valence-electron chi connectivity index (χ4n) is 2.31. The first-order chi connectivity index (χ1) is 12.6. The van der Waals surface area contributed by atoms with Gasteiger partial charge in [0.2, 0.25) is 5.82 Å². The van der Waals surface area contributed by atoms with Crippen LogP contribution in [0.5, 0.6) is 11.5 Å². The molecule has 0 amide bonds. The lowest BCUT2D eigenvalue weighted by Crippen LogP contribution is -2.13. The van der Waals surface area contributed by atoms with Crippen LogP contribution in [0.15, 0.2) is 23.7 Å². The average Bonchev–Trinajstić information content (AvgIpc) is 2.95. The van der Waals surface area contributed by atoms with Crippen molar-refractivity contribution in [1.29, 1.82) is 0 Å². The zero-order valence-electron chi connectivity index (χ0n) is 14.1. The third-order valence-corrected chi connectivity index (χ3v) is 4.76. The van der Waals surface area contributed by atoms with Crippen molar-refractivity contribution in [2.45, 2.75) is 26.6 Å². The molecule has 27 heavy (non-hydrogen) atoms. The zero-order valence-corrected chi connectivity index (χ0v) is 15.6. The van der Waals surface area contributed by atoms with E-state index in [0.29, 0.717) is 27.5 Å². The van der Waals surface area contributed by atoms with E-state index >= 15 is 0 Å². The van der Waals surface area contributed by atoms with Gasteiger partial charge in [0.05, 0.1) is 10.4 Å². The molecule has 0 aliphatic rings. The Morgan fingerprint density at radius 1 is 1.33 bits per heavy atom. The monoisotopic (exact) mass is 416 g/mol. The molecule has 1 aromatic carbocycles. The van der Waals surface area contributed by atoms with Gasteiger partial charge in [-0.3, -0.25) is 4.79 Å².